The fourth-order valence-electron chi connectivity index (χ4n) is 6.41. The van der Waals surface area contributed by atoms with Crippen LogP contribution in [0.5, 0.6) is 5.75 Å². The van der Waals surface area contributed by atoms with Crippen LogP contribution in [0.2, 0.25) is 10.0 Å². The Morgan fingerprint density at radius 1 is 1.07 bits per heavy atom. The van der Waals surface area contributed by atoms with E-state index in [-0.39, 0.29) is 11.9 Å². The second-order valence-corrected chi connectivity index (χ2v) is 12.0. The fraction of sp³-hybridized carbons (Fsp3) is 0.406. The predicted molar refractivity (Wildman–Crippen MR) is 175 cm³/mol. The van der Waals surface area contributed by atoms with Gasteiger partial charge in [0.2, 0.25) is 5.91 Å². The van der Waals surface area contributed by atoms with Crippen molar-refractivity contribution in [1.82, 2.24) is 14.9 Å². The number of carbonyl (C=O) groups is 1. The minimum atomic E-state index is -0.284. The number of benzene rings is 2. The van der Waals surface area contributed by atoms with E-state index in [1.54, 1.807) is 24.3 Å². The smallest absolute Gasteiger partial charge is 0.247 e. The minimum Gasteiger partial charge on any atom is -0.494 e. The fourth-order valence-corrected chi connectivity index (χ4v) is 6.84. The highest BCUT2D eigenvalue weighted by molar-refractivity contribution is 6.42. The molecule has 3 aliphatic rings. The molecule has 1 amide bonds. The van der Waals surface area contributed by atoms with E-state index in [1.807, 2.05) is 24.3 Å². The number of nitrogens with zero attached hydrogens (tertiary/aromatic N) is 5. The molecular weight excluding hydrogens is 601 g/mol. The average Bonchev–Trinajstić information content (AvgIpc) is 3.76. The predicted octanol–water partition coefficient (Wildman–Crippen LogP) is 6.61. The Bertz CT molecular complexity index is 1510. The summed E-state index contributed by atoms with van der Waals surface area (Å²) >= 11 is 12.9. The number of methoxy groups -OCH3 is 1. The Labute approximate surface area is 267 Å². The zero-order valence-electron chi connectivity index (χ0n) is 24.8. The van der Waals surface area contributed by atoms with Crippen LogP contribution in [0.1, 0.15) is 43.7 Å². The van der Waals surface area contributed by atoms with Crippen LogP contribution in [-0.4, -0.2) is 66.7 Å². The third kappa shape index (κ3) is 6.44. The van der Waals surface area contributed by atoms with Crippen molar-refractivity contribution in [3.63, 3.8) is 0 Å². The van der Waals surface area contributed by atoms with E-state index in [9.17, 15) is 4.79 Å². The molecule has 0 unspecified atom stereocenters. The van der Waals surface area contributed by atoms with Gasteiger partial charge >= 0.3 is 0 Å². The molecule has 2 aliphatic heterocycles. The Balaban J connectivity index is 1.25. The molecule has 3 aromatic rings. The standard InChI is InChI=1S/C32H37Cl2N7O3/c1-3-31(42)38-24-17-25(28(43-2)18-27(24)40-14-12-39(13-15-40)21-7-4-5-8-21)37-29-19-30(36-20-35-29)41-26(11-16-44-41)22-9-6-10-23(33)32(22)34/h3,6,9-10,17-21,26H,1,4-5,7-8,11-16H2,2H3,(H,38,42)(H,35,36,37)/t26-/m1/s1. The van der Waals surface area contributed by atoms with Gasteiger partial charge in [0.1, 0.15) is 17.9 Å². The molecule has 0 radical (unpaired) electrons. The van der Waals surface area contributed by atoms with Crippen molar-refractivity contribution in [2.24, 2.45) is 0 Å². The molecule has 1 aromatic heterocycles. The van der Waals surface area contributed by atoms with Crippen molar-refractivity contribution >= 4 is 57.8 Å². The first-order valence-electron chi connectivity index (χ1n) is 15.0. The number of hydrogen-bond donors (Lipinski definition) is 2. The quantitative estimate of drug-likeness (QED) is 0.251. The van der Waals surface area contributed by atoms with E-state index in [0.29, 0.717) is 51.5 Å². The summed E-state index contributed by atoms with van der Waals surface area (Å²) in [7, 11) is 1.63. The largest absolute Gasteiger partial charge is 0.494 e. The van der Waals surface area contributed by atoms with E-state index >= 15 is 0 Å². The SMILES string of the molecule is C=CC(=O)Nc1cc(Nc2cc(N3OCC[C@@H]3c3cccc(Cl)c3Cl)ncn2)c(OC)cc1N1CCN(C2CCCC2)CC1. The minimum absolute atomic E-state index is 0.160. The van der Waals surface area contributed by atoms with Crippen LogP contribution in [0.3, 0.4) is 0 Å². The number of aromatic nitrogens is 2. The maximum Gasteiger partial charge on any atom is 0.247 e. The molecule has 0 bridgehead atoms. The van der Waals surface area contributed by atoms with Crippen molar-refractivity contribution in [1.29, 1.82) is 0 Å². The Morgan fingerprint density at radius 3 is 2.61 bits per heavy atom. The molecule has 10 nitrogen and oxygen atoms in total. The maximum absolute atomic E-state index is 12.5. The Hall–Kier alpha value is -3.57. The number of nitrogens with one attached hydrogen (secondary N) is 2. The third-order valence-corrected chi connectivity index (χ3v) is 9.48. The van der Waals surface area contributed by atoms with Gasteiger partial charge in [-0.1, -0.05) is 54.8 Å². The van der Waals surface area contributed by atoms with Gasteiger partial charge in [-0.2, -0.15) is 0 Å². The highest BCUT2D eigenvalue weighted by Gasteiger charge is 2.32. The van der Waals surface area contributed by atoms with Gasteiger partial charge in [-0.25, -0.2) is 15.0 Å². The van der Waals surface area contributed by atoms with Crippen LogP contribution >= 0.6 is 23.2 Å². The van der Waals surface area contributed by atoms with Crippen molar-refractivity contribution < 1.29 is 14.4 Å². The molecule has 232 valence electrons. The van der Waals surface area contributed by atoms with Gasteiger partial charge in [-0.05, 0) is 36.6 Å². The third-order valence-electron chi connectivity index (χ3n) is 8.64. The molecule has 0 spiro atoms. The number of ether oxygens (including phenoxy) is 1. The van der Waals surface area contributed by atoms with Crippen molar-refractivity contribution in [2.45, 2.75) is 44.2 Å². The lowest BCUT2D eigenvalue weighted by atomic mass is 10.0. The van der Waals surface area contributed by atoms with Crippen LogP contribution in [-0.2, 0) is 9.63 Å². The molecule has 1 atom stereocenters. The number of carbonyl (C=O) groups excluding carboxylic acids is 1. The molecule has 2 N–H and O–H groups in total. The molecule has 2 aromatic carbocycles. The highest BCUT2D eigenvalue weighted by Crippen LogP contribution is 2.42. The lowest BCUT2D eigenvalue weighted by Gasteiger charge is -2.40. The Kier molecular flexibility index (Phi) is 9.42. The average molecular weight is 639 g/mol. The van der Waals surface area contributed by atoms with E-state index in [2.05, 4.69) is 37.0 Å². The number of hydrogen-bond acceptors (Lipinski definition) is 9. The summed E-state index contributed by atoms with van der Waals surface area (Å²) in [6, 6.07) is 11.8. The molecule has 6 rings (SSSR count). The zero-order chi connectivity index (χ0) is 30.6. The van der Waals surface area contributed by atoms with Crippen molar-refractivity contribution in [3.05, 3.63) is 71.0 Å². The first-order valence-corrected chi connectivity index (χ1v) is 15.8. The molecule has 12 heteroatoms. The molecule has 1 saturated carbocycles. The first-order chi connectivity index (χ1) is 21.4. The summed E-state index contributed by atoms with van der Waals surface area (Å²) in [5, 5.41) is 9.09. The summed E-state index contributed by atoms with van der Waals surface area (Å²) < 4.78 is 5.83. The van der Waals surface area contributed by atoms with Gasteiger partial charge in [-0.3, -0.25) is 14.5 Å². The Morgan fingerprint density at radius 2 is 1.86 bits per heavy atom. The van der Waals surface area contributed by atoms with Crippen LogP contribution in [0, 0.1) is 0 Å². The van der Waals surface area contributed by atoms with Gasteiger partial charge < -0.3 is 20.3 Å². The lowest BCUT2D eigenvalue weighted by molar-refractivity contribution is -0.111. The molecule has 1 aliphatic carbocycles. The second-order valence-electron chi connectivity index (χ2n) is 11.2. The zero-order valence-corrected chi connectivity index (χ0v) is 26.3. The van der Waals surface area contributed by atoms with E-state index in [0.717, 1.165) is 43.9 Å². The van der Waals surface area contributed by atoms with E-state index in [4.69, 9.17) is 32.8 Å². The van der Waals surface area contributed by atoms with E-state index < -0.39 is 0 Å². The van der Waals surface area contributed by atoms with Crippen LogP contribution < -0.4 is 25.3 Å². The molecule has 3 fully saturated rings. The normalized spacial score (nSPS) is 19.3. The summed E-state index contributed by atoms with van der Waals surface area (Å²) in [6.45, 7) is 7.87. The monoisotopic (exact) mass is 637 g/mol. The number of anilines is 5. The van der Waals surface area contributed by atoms with Gasteiger partial charge in [0.05, 0.1) is 46.9 Å². The summed E-state index contributed by atoms with van der Waals surface area (Å²) in [5.41, 5.74) is 3.08. The highest BCUT2D eigenvalue weighted by atomic mass is 35.5. The maximum atomic E-state index is 12.5. The summed E-state index contributed by atoms with van der Waals surface area (Å²) in [5.74, 6) is 1.43. The van der Waals surface area contributed by atoms with Gasteiger partial charge in [0.25, 0.3) is 0 Å². The first kappa shape index (κ1) is 30.5. The van der Waals surface area contributed by atoms with Crippen molar-refractivity contribution in [3.8, 4) is 5.75 Å². The number of piperazine rings is 1. The van der Waals surface area contributed by atoms with Gasteiger partial charge in [0.15, 0.2) is 5.82 Å². The molecular formula is C32H37Cl2N7O3. The molecule has 2 saturated heterocycles. The number of amides is 1. The van der Waals surface area contributed by atoms with Crippen LogP contribution in [0.25, 0.3) is 0 Å². The summed E-state index contributed by atoms with van der Waals surface area (Å²) in [4.78, 5) is 32.3. The molecule has 44 heavy (non-hydrogen) atoms. The van der Waals surface area contributed by atoms with E-state index in [1.165, 1.54) is 38.1 Å². The summed E-state index contributed by atoms with van der Waals surface area (Å²) in [6.07, 6.45) is 8.70. The van der Waals surface area contributed by atoms with Gasteiger partial charge in [-0.15, -0.1) is 0 Å². The topological polar surface area (TPSA) is 95.1 Å². The lowest BCUT2D eigenvalue weighted by Crippen LogP contribution is -2.49. The second kappa shape index (κ2) is 13.6. The number of rotatable bonds is 9. The van der Waals surface area contributed by atoms with Crippen LogP contribution in [0.15, 0.2) is 55.4 Å². The number of halogens is 2. The van der Waals surface area contributed by atoms with Crippen LogP contribution in [0.4, 0.5) is 28.7 Å². The number of hydroxylamine groups is 1. The van der Waals surface area contributed by atoms with Crippen molar-refractivity contribution in [2.75, 3.05) is 60.5 Å². The molecule has 3 heterocycles. The van der Waals surface area contributed by atoms with Gasteiger partial charge in [0, 0.05) is 50.8 Å².